The van der Waals surface area contributed by atoms with Crippen LogP contribution in [-0.4, -0.2) is 79.3 Å². The molecule has 0 aliphatic carbocycles. The van der Waals surface area contributed by atoms with Gasteiger partial charge in [-0.3, -0.25) is 9.69 Å². The van der Waals surface area contributed by atoms with E-state index < -0.39 is 0 Å². The van der Waals surface area contributed by atoms with Crippen LogP contribution in [0.2, 0.25) is 0 Å². The van der Waals surface area contributed by atoms with E-state index in [2.05, 4.69) is 15.9 Å². The molecule has 29 heavy (non-hydrogen) atoms. The van der Waals surface area contributed by atoms with Crippen molar-refractivity contribution in [2.45, 2.75) is 19.4 Å². The quantitative estimate of drug-likeness (QED) is 0.749. The Morgan fingerprint density at radius 2 is 2.00 bits per heavy atom. The van der Waals surface area contributed by atoms with Crippen molar-refractivity contribution in [3.05, 3.63) is 42.0 Å². The number of hydrogen-bond acceptors (Lipinski definition) is 5. The first-order valence-corrected chi connectivity index (χ1v) is 11.8. The number of fused-ring (bicyclic) bond motifs is 1. The average molecular weight is 415 g/mol. The molecular weight excluding hydrogens is 384 g/mol. The second-order valence-corrected chi connectivity index (χ2v) is 8.74. The third kappa shape index (κ3) is 4.71. The van der Waals surface area contributed by atoms with Crippen LogP contribution >= 0.6 is 11.8 Å². The zero-order valence-corrected chi connectivity index (χ0v) is 18.0. The summed E-state index contributed by atoms with van der Waals surface area (Å²) >= 11 is 1.96. The van der Waals surface area contributed by atoms with Crippen LogP contribution in [0.5, 0.6) is 5.75 Å². The van der Waals surface area contributed by atoms with Crippen molar-refractivity contribution in [2.24, 2.45) is 0 Å². The fourth-order valence-corrected chi connectivity index (χ4v) is 5.28. The van der Waals surface area contributed by atoms with Gasteiger partial charge in [-0.15, -0.1) is 0 Å². The number of hydrogen-bond donors (Lipinski definition) is 0. The van der Waals surface area contributed by atoms with E-state index >= 15 is 0 Å². The first-order valence-electron chi connectivity index (χ1n) is 10.6. The monoisotopic (exact) mass is 414 g/mol. The van der Waals surface area contributed by atoms with E-state index in [9.17, 15) is 4.79 Å². The number of carbonyl (C=O) groups is 1. The largest absolute Gasteiger partial charge is 0.493 e. The number of amides is 1. The molecule has 6 heteroatoms. The first-order chi connectivity index (χ1) is 14.3. The van der Waals surface area contributed by atoms with Crippen molar-refractivity contribution in [3.63, 3.8) is 0 Å². The van der Waals surface area contributed by atoms with Gasteiger partial charge in [0.15, 0.2) is 0 Å². The molecule has 0 bridgehead atoms. The standard InChI is InChI=1S/C23H30N2O3S/c1-2-28-21-9-8-18-6-3-4-7-20(18)22(21)23(26)25-10-5-15-29-17-19(25)16-24-11-13-27-14-12-24/h3-4,6-9,19H,2,5,10-17H2,1H3. The average Bonchev–Trinajstić information content (AvgIpc) is 2.99. The SMILES string of the molecule is CCOc1ccc2ccccc2c1C(=O)N1CCCSCC1CN1CCOCC1. The van der Waals surface area contributed by atoms with Crippen LogP contribution in [0.15, 0.2) is 36.4 Å². The fraction of sp³-hybridized carbons (Fsp3) is 0.522. The number of benzene rings is 2. The summed E-state index contributed by atoms with van der Waals surface area (Å²) in [7, 11) is 0. The van der Waals surface area contributed by atoms with Gasteiger partial charge in [0.05, 0.1) is 31.4 Å². The molecular formula is C23H30N2O3S. The van der Waals surface area contributed by atoms with Crippen molar-refractivity contribution in [1.29, 1.82) is 0 Å². The maximum atomic E-state index is 13.9. The van der Waals surface area contributed by atoms with E-state index in [-0.39, 0.29) is 11.9 Å². The lowest BCUT2D eigenvalue weighted by molar-refractivity contribution is 0.0245. The van der Waals surface area contributed by atoms with Gasteiger partial charge in [0.25, 0.3) is 5.91 Å². The number of rotatable bonds is 5. The van der Waals surface area contributed by atoms with E-state index in [4.69, 9.17) is 9.47 Å². The third-order valence-corrected chi connectivity index (χ3v) is 6.87. The number of morpholine rings is 1. The molecule has 0 saturated carbocycles. The smallest absolute Gasteiger partial charge is 0.258 e. The Labute approximate surface area is 177 Å². The van der Waals surface area contributed by atoms with Crippen molar-refractivity contribution in [1.82, 2.24) is 9.80 Å². The Morgan fingerprint density at radius 1 is 1.17 bits per heavy atom. The van der Waals surface area contributed by atoms with E-state index in [1.807, 2.05) is 49.0 Å². The van der Waals surface area contributed by atoms with Crippen molar-refractivity contribution in [2.75, 3.05) is 57.5 Å². The van der Waals surface area contributed by atoms with Gasteiger partial charge in [0.1, 0.15) is 5.75 Å². The third-order valence-electron chi connectivity index (χ3n) is 5.68. The molecule has 1 amide bonds. The van der Waals surface area contributed by atoms with Gasteiger partial charge in [-0.25, -0.2) is 0 Å². The van der Waals surface area contributed by atoms with Crippen LogP contribution in [0.25, 0.3) is 10.8 Å². The molecule has 156 valence electrons. The molecule has 0 radical (unpaired) electrons. The molecule has 0 N–H and O–H groups in total. The second-order valence-electron chi connectivity index (χ2n) is 7.59. The molecule has 0 spiro atoms. The maximum Gasteiger partial charge on any atom is 0.258 e. The minimum atomic E-state index is 0.103. The first kappa shape index (κ1) is 20.5. The summed E-state index contributed by atoms with van der Waals surface area (Å²) in [5.74, 6) is 2.89. The van der Waals surface area contributed by atoms with Gasteiger partial charge in [-0.05, 0) is 35.9 Å². The Morgan fingerprint density at radius 3 is 2.83 bits per heavy atom. The zero-order chi connectivity index (χ0) is 20.1. The molecule has 5 nitrogen and oxygen atoms in total. The Bertz CT molecular complexity index is 838. The zero-order valence-electron chi connectivity index (χ0n) is 17.1. The van der Waals surface area contributed by atoms with Crippen LogP contribution in [0, 0.1) is 0 Å². The molecule has 2 fully saturated rings. The molecule has 2 aliphatic rings. The molecule has 4 rings (SSSR count). The molecule has 2 aromatic carbocycles. The predicted octanol–water partition coefficient (Wildman–Crippen LogP) is 3.52. The lowest BCUT2D eigenvalue weighted by atomic mass is 10.0. The number of thioether (sulfide) groups is 1. The minimum Gasteiger partial charge on any atom is -0.493 e. The van der Waals surface area contributed by atoms with Gasteiger partial charge >= 0.3 is 0 Å². The molecule has 2 aromatic rings. The molecule has 1 atom stereocenters. The highest BCUT2D eigenvalue weighted by Crippen LogP contribution is 2.31. The lowest BCUT2D eigenvalue weighted by Crippen LogP contribution is -2.50. The maximum absolute atomic E-state index is 13.9. The summed E-state index contributed by atoms with van der Waals surface area (Å²) in [5.41, 5.74) is 0.712. The highest BCUT2D eigenvalue weighted by molar-refractivity contribution is 7.99. The topological polar surface area (TPSA) is 42.0 Å². The van der Waals surface area contributed by atoms with E-state index in [1.165, 1.54) is 0 Å². The van der Waals surface area contributed by atoms with Crippen LogP contribution in [0.1, 0.15) is 23.7 Å². The summed E-state index contributed by atoms with van der Waals surface area (Å²) in [6.07, 6.45) is 1.03. The fourth-order valence-electron chi connectivity index (χ4n) is 4.22. The lowest BCUT2D eigenvalue weighted by Gasteiger charge is -2.36. The van der Waals surface area contributed by atoms with Crippen molar-refractivity contribution in [3.8, 4) is 5.75 Å². The Kier molecular flexibility index (Phi) is 6.95. The molecule has 2 saturated heterocycles. The van der Waals surface area contributed by atoms with Crippen LogP contribution < -0.4 is 4.74 Å². The number of ether oxygens (including phenoxy) is 2. The summed E-state index contributed by atoms with van der Waals surface area (Å²) in [6, 6.07) is 12.3. The Balaban J connectivity index is 1.67. The van der Waals surface area contributed by atoms with Gasteiger partial charge < -0.3 is 14.4 Å². The summed E-state index contributed by atoms with van der Waals surface area (Å²) < 4.78 is 11.4. The van der Waals surface area contributed by atoms with Gasteiger partial charge in [-0.2, -0.15) is 11.8 Å². The predicted molar refractivity (Wildman–Crippen MR) is 119 cm³/mol. The van der Waals surface area contributed by atoms with Crippen LogP contribution in [0.3, 0.4) is 0 Å². The van der Waals surface area contributed by atoms with Gasteiger partial charge in [-0.1, -0.05) is 30.3 Å². The van der Waals surface area contributed by atoms with Gasteiger partial charge in [0.2, 0.25) is 0 Å². The summed E-state index contributed by atoms with van der Waals surface area (Å²) in [5, 5.41) is 2.05. The molecule has 2 heterocycles. The number of nitrogens with zero attached hydrogens (tertiary/aromatic N) is 2. The number of carbonyl (C=O) groups excluding carboxylic acids is 1. The van der Waals surface area contributed by atoms with Crippen LogP contribution in [0.4, 0.5) is 0 Å². The normalized spacial score (nSPS) is 21.1. The molecule has 2 aliphatic heterocycles. The van der Waals surface area contributed by atoms with Crippen LogP contribution in [-0.2, 0) is 4.74 Å². The van der Waals surface area contributed by atoms with E-state index in [0.717, 1.165) is 68.1 Å². The summed E-state index contributed by atoms with van der Waals surface area (Å²) in [4.78, 5) is 18.5. The molecule has 1 unspecified atom stereocenters. The van der Waals surface area contributed by atoms with Gasteiger partial charge in [0, 0.05) is 31.9 Å². The Hall–Kier alpha value is -1.76. The van der Waals surface area contributed by atoms with E-state index in [0.29, 0.717) is 17.9 Å². The highest BCUT2D eigenvalue weighted by atomic mass is 32.2. The second kappa shape index (κ2) is 9.83. The van der Waals surface area contributed by atoms with Crippen molar-refractivity contribution < 1.29 is 14.3 Å². The summed E-state index contributed by atoms with van der Waals surface area (Å²) in [6.45, 7) is 7.69. The van der Waals surface area contributed by atoms with Crippen molar-refractivity contribution >= 4 is 28.4 Å². The van der Waals surface area contributed by atoms with E-state index in [1.54, 1.807) is 0 Å². The minimum absolute atomic E-state index is 0.103. The molecule has 0 aromatic heterocycles. The highest BCUT2D eigenvalue weighted by Gasteiger charge is 2.31.